The Morgan fingerprint density at radius 2 is 2.03 bits per heavy atom. The number of benzene rings is 1. The van der Waals surface area contributed by atoms with Crippen molar-refractivity contribution in [2.45, 2.75) is 76.1 Å². The molecule has 0 unspecified atom stereocenters. The minimum Gasteiger partial charge on any atom is -0.388 e. The van der Waals surface area contributed by atoms with Gasteiger partial charge in [0, 0.05) is 31.4 Å². The summed E-state index contributed by atoms with van der Waals surface area (Å²) in [6.07, 6.45) is 12.8. The van der Waals surface area contributed by atoms with Gasteiger partial charge in [-0.25, -0.2) is 4.98 Å². The SMILES string of the molecule is Cc1cnn(C[C@@H]2CNCCN2C(=O)c2ncn([C@@H]3CCCC[C@@]3(O)CC3CC3)c2-c2ccccc2)c1. The first-order valence-corrected chi connectivity index (χ1v) is 13.9. The standard InChI is InChI=1S/C29H38N6O2/c1-21-16-32-33(18-21)19-24-17-30-13-14-34(24)28(36)26-27(23-7-3-2-4-8-23)35(20-31-26)25-9-5-6-12-29(25,37)15-22-10-11-22/h2-4,7-8,16,18,20,22,24-25,30,37H,5-6,9-15,17,19H2,1H3/t24-,25+,29+/m0/s1. The van der Waals surface area contributed by atoms with Crippen molar-refractivity contribution in [2.75, 3.05) is 19.6 Å². The van der Waals surface area contributed by atoms with E-state index in [0.717, 1.165) is 62.0 Å². The van der Waals surface area contributed by atoms with Crippen LogP contribution in [0.2, 0.25) is 0 Å². The molecule has 3 aromatic rings. The van der Waals surface area contributed by atoms with E-state index < -0.39 is 5.60 Å². The normalized spacial score (nSPS) is 26.4. The first-order chi connectivity index (χ1) is 18.0. The highest BCUT2D eigenvalue weighted by molar-refractivity contribution is 5.98. The largest absolute Gasteiger partial charge is 0.388 e. The Bertz CT molecular complexity index is 1230. The number of carbonyl (C=O) groups is 1. The van der Waals surface area contributed by atoms with Gasteiger partial charge in [0.1, 0.15) is 0 Å². The van der Waals surface area contributed by atoms with E-state index in [0.29, 0.717) is 24.7 Å². The van der Waals surface area contributed by atoms with Crippen molar-refractivity contribution in [3.63, 3.8) is 0 Å². The summed E-state index contributed by atoms with van der Waals surface area (Å²) in [4.78, 5) is 20.9. The molecule has 0 radical (unpaired) electrons. The summed E-state index contributed by atoms with van der Waals surface area (Å²) in [6.45, 7) is 4.76. The third-order valence-corrected chi connectivity index (χ3v) is 8.45. The van der Waals surface area contributed by atoms with Gasteiger partial charge in [-0.05, 0) is 37.7 Å². The van der Waals surface area contributed by atoms with Gasteiger partial charge in [0.15, 0.2) is 5.69 Å². The number of aryl methyl sites for hydroxylation is 1. The van der Waals surface area contributed by atoms with E-state index in [-0.39, 0.29) is 18.0 Å². The Balaban J connectivity index is 1.36. The van der Waals surface area contributed by atoms with Gasteiger partial charge in [-0.3, -0.25) is 9.48 Å². The number of carbonyl (C=O) groups excluding carboxylic acids is 1. The summed E-state index contributed by atoms with van der Waals surface area (Å²) >= 11 is 0. The van der Waals surface area contributed by atoms with E-state index >= 15 is 0 Å². The van der Waals surface area contributed by atoms with Gasteiger partial charge in [0.05, 0.1) is 42.4 Å². The molecular weight excluding hydrogens is 464 g/mol. The zero-order valence-corrected chi connectivity index (χ0v) is 21.7. The minimum atomic E-state index is -0.750. The van der Waals surface area contributed by atoms with Crippen LogP contribution in [0.5, 0.6) is 0 Å². The van der Waals surface area contributed by atoms with Crippen LogP contribution in [0.25, 0.3) is 11.3 Å². The van der Waals surface area contributed by atoms with Crippen molar-refractivity contribution >= 4 is 5.91 Å². The zero-order valence-electron chi connectivity index (χ0n) is 21.7. The minimum absolute atomic E-state index is 0.0178. The number of imidazole rings is 1. The van der Waals surface area contributed by atoms with Crippen LogP contribution in [0, 0.1) is 12.8 Å². The zero-order chi connectivity index (χ0) is 25.4. The molecule has 1 aliphatic heterocycles. The summed E-state index contributed by atoms with van der Waals surface area (Å²) in [5.41, 5.74) is 2.64. The van der Waals surface area contributed by atoms with Gasteiger partial charge in [-0.15, -0.1) is 0 Å². The lowest BCUT2D eigenvalue weighted by Crippen LogP contribution is -2.55. The molecule has 0 spiro atoms. The van der Waals surface area contributed by atoms with Crippen LogP contribution in [0.1, 0.15) is 67.0 Å². The van der Waals surface area contributed by atoms with Crippen LogP contribution in [-0.4, -0.2) is 66.5 Å². The van der Waals surface area contributed by atoms with E-state index in [9.17, 15) is 9.90 Å². The van der Waals surface area contributed by atoms with Gasteiger partial charge in [0.25, 0.3) is 5.91 Å². The molecule has 0 bridgehead atoms. The number of hydrogen-bond acceptors (Lipinski definition) is 5. The first kappa shape index (κ1) is 24.4. The molecule has 3 heterocycles. The summed E-state index contributed by atoms with van der Waals surface area (Å²) in [7, 11) is 0. The lowest BCUT2D eigenvalue weighted by Gasteiger charge is -2.42. The number of nitrogens with one attached hydrogen (secondary N) is 1. The van der Waals surface area contributed by atoms with Crippen LogP contribution < -0.4 is 5.32 Å². The second-order valence-corrected chi connectivity index (χ2v) is 11.3. The van der Waals surface area contributed by atoms with E-state index in [2.05, 4.69) is 27.1 Å². The average molecular weight is 503 g/mol. The maximum absolute atomic E-state index is 14.2. The van der Waals surface area contributed by atoms with E-state index in [1.807, 2.05) is 53.4 Å². The van der Waals surface area contributed by atoms with Crippen LogP contribution in [0.4, 0.5) is 0 Å². The number of amides is 1. The number of hydrogen-bond donors (Lipinski definition) is 2. The Kier molecular flexibility index (Phi) is 6.63. The third-order valence-electron chi connectivity index (χ3n) is 8.45. The fraction of sp³-hybridized carbons (Fsp3) is 0.552. The molecule has 2 aromatic heterocycles. The van der Waals surface area contributed by atoms with Crippen molar-refractivity contribution in [1.82, 2.24) is 29.5 Å². The lowest BCUT2D eigenvalue weighted by atomic mass is 9.76. The van der Waals surface area contributed by atoms with Gasteiger partial charge >= 0.3 is 0 Å². The molecule has 2 saturated carbocycles. The van der Waals surface area contributed by atoms with Crippen molar-refractivity contribution in [1.29, 1.82) is 0 Å². The molecule has 196 valence electrons. The number of nitrogens with zero attached hydrogens (tertiary/aromatic N) is 5. The highest BCUT2D eigenvalue weighted by atomic mass is 16.3. The van der Waals surface area contributed by atoms with Crippen molar-refractivity contribution < 1.29 is 9.90 Å². The highest BCUT2D eigenvalue weighted by Crippen LogP contribution is 2.48. The summed E-state index contributed by atoms with van der Waals surface area (Å²) in [5.74, 6) is 0.581. The Morgan fingerprint density at radius 3 is 2.78 bits per heavy atom. The summed E-state index contributed by atoms with van der Waals surface area (Å²) in [5, 5.41) is 19.8. The molecular formula is C29H38N6O2. The second kappa shape index (κ2) is 10.1. The molecule has 3 aliphatic rings. The van der Waals surface area contributed by atoms with Crippen LogP contribution in [-0.2, 0) is 6.54 Å². The predicted octanol–water partition coefficient (Wildman–Crippen LogP) is 3.82. The monoisotopic (exact) mass is 502 g/mol. The third kappa shape index (κ3) is 4.97. The maximum atomic E-state index is 14.2. The summed E-state index contributed by atoms with van der Waals surface area (Å²) in [6, 6.07) is 10.0. The van der Waals surface area contributed by atoms with Gasteiger partial charge in [-0.2, -0.15) is 5.10 Å². The molecule has 8 heteroatoms. The Labute approximate surface area is 218 Å². The van der Waals surface area contributed by atoms with Crippen molar-refractivity contribution in [2.24, 2.45) is 5.92 Å². The van der Waals surface area contributed by atoms with Gasteiger partial charge < -0.3 is 19.9 Å². The van der Waals surface area contributed by atoms with E-state index in [1.54, 1.807) is 0 Å². The maximum Gasteiger partial charge on any atom is 0.275 e. The molecule has 3 fully saturated rings. The first-order valence-electron chi connectivity index (χ1n) is 13.9. The van der Waals surface area contributed by atoms with Crippen LogP contribution in [0.15, 0.2) is 49.1 Å². The molecule has 2 aliphatic carbocycles. The number of rotatable bonds is 7. The Morgan fingerprint density at radius 1 is 1.19 bits per heavy atom. The van der Waals surface area contributed by atoms with Crippen LogP contribution >= 0.6 is 0 Å². The number of aromatic nitrogens is 4. The fourth-order valence-corrected chi connectivity index (χ4v) is 6.41. The summed E-state index contributed by atoms with van der Waals surface area (Å²) < 4.78 is 4.06. The predicted molar refractivity (Wildman–Crippen MR) is 142 cm³/mol. The van der Waals surface area contributed by atoms with E-state index in [1.165, 1.54) is 12.8 Å². The molecule has 1 amide bonds. The fourth-order valence-electron chi connectivity index (χ4n) is 6.41. The molecule has 6 rings (SSSR count). The molecule has 1 saturated heterocycles. The average Bonchev–Trinajstić information content (AvgIpc) is 3.45. The topological polar surface area (TPSA) is 88.2 Å². The molecule has 8 nitrogen and oxygen atoms in total. The number of piperazine rings is 1. The smallest absolute Gasteiger partial charge is 0.275 e. The van der Waals surface area contributed by atoms with Crippen molar-refractivity contribution in [3.8, 4) is 11.3 Å². The van der Waals surface area contributed by atoms with Crippen LogP contribution in [0.3, 0.4) is 0 Å². The second-order valence-electron chi connectivity index (χ2n) is 11.3. The van der Waals surface area contributed by atoms with E-state index in [4.69, 9.17) is 4.98 Å². The molecule has 37 heavy (non-hydrogen) atoms. The van der Waals surface area contributed by atoms with Gasteiger partial charge in [-0.1, -0.05) is 56.0 Å². The van der Waals surface area contributed by atoms with Crippen molar-refractivity contribution in [3.05, 3.63) is 60.3 Å². The number of aliphatic hydroxyl groups is 1. The lowest BCUT2D eigenvalue weighted by molar-refractivity contribution is -0.0518. The van der Waals surface area contributed by atoms with Gasteiger partial charge in [0.2, 0.25) is 0 Å². The highest BCUT2D eigenvalue weighted by Gasteiger charge is 2.45. The molecule has 1 aromatic carbocycles. The Hall–Kier alpha value is -2.97. The molecule has 2 N–H and O–H groups in total. The molecule has 3 atom stereocenters. The quantitative estimate of drug-likeness (QED) is 0.513.